The van der Waals surface area contributed by atoms with E-state index in [1.165, 1.54) is 5.30 Å². The van der Waals surface area contributed by atoms with Gasteiger partial charge >= 0.3 is 0 Å². The molecule has 1 heterocycles. The Labute approximate surface area is 67.5 Å². The maximum Gasteiger partial charge on any atom is 0.134 e. The molecule has 2 rings (SSSR count). The molecular weight excluding hydrogens is 157 g/mol. The third-order valence-electron chi connectivity index (χ3n) is 1.57. The molecule has 0 bridgehead atoms. The fourth-order valence-electron chi connectivity index (χ4n) is 1.06. The molecule has 0 aromatic heterocycles. The smallest absolute Gasteiger partial charge is 0.134 e. The molecule has 1 unspecified atom stereocenters. The summed E-state index contributed by atoms with van der Waals surface area (Å²) in [5.41, 5.74) is 0. The van der Waals surface area contributed by atoms with Crippen LogP contribution >= 0.6 is 8.30 Å². The van der Waals surface area contributed by atoms with Crippen molar-refractivity contribution < 1.29 is 4.52 Å². The molecule has 0 radical (unpaired) electrons. The molecule has 0 saturated carbocycles. The van der Waals surface area contributed by atoms with Crippen LogP contribution in [-0.2, 0) is 4.52 Å². The Hall–Kier alpha value is -0.430. The standard InChI is InChI=1S/C8H10NOP/c1-2-4-8(5-3-1)11-9-6-7-10-11/h1-5,9H,6-7H2. The van der Waals surface area contributed by atoms with E-state index >= 15 is 0 Å². The molecule has 1 aliphatic rings. The second kappa shape index (κ2) is 3.31. The topological polar surface area (TPSA) is 21.3 Å². The molecule has 1 aliphatic heterocycles. The van der Waals surface area contributed by atoms with Crippen molar-refractivity contribution in [3.63, 3.8) is 0 Å². The first-order chi connectivity index (χ1) is 5.47. The lowest BCUT2D eigenvalue weighted by atomic mass is 10.4. The molecule has 0 spiro atoms. The minimum Gasteiger partial charge on any atom is -0.338 e. The predicted molar refractivity (Wildman–Crippen MR) is 47.0 cm³/mol. The fourth-order valence-corrected chi connectivity index (χ4v) is 2.49. The molecule has 1 N–H and O–H groups in total. The highest BCUT2D eigenvalue weighted by molar-refractivity contribution is 7.59. The van der Waals surface area contributed by atoms with Gasteiger partial charge in [0.05, 0.1) is 6.61 Å². The Morgan fingerprint density at radius 3 is 2.73 bits per heavy atom. The summed E-state index contributed by atoms with van der Waals surface area (Å²) in [7, 11) is -0.490. The van der Waals surface area contributed by atoms with Crippen molar-refractivity contribution in [2.75, 3.05) is 13.2 Å². The van der Waals surface area contributed by atoms with Gasteiger partial charge in [0.2, 0.25) is 0 Å². The van der Waals surface area contributed by atoms with E-state index in [1.807, 2.05) is 18.2 Å². The van der Waals surface area contributed by atoms with Crippen LogP contribution in [0.25, 0.3) is 0 Å². The summed E-state index contributed by atoms with van der Waals surface area (Å²) in [4.78, 5) is 0. The Balaban J connectivity index is 2.16. The van der Waals surface area contributed by atoms with Crippen molar-refractivity contribution >= 4 is 13.6 Å². The van der Waals surface area contributed by atoms with Crippen LogP contribution in [0.15, 0.2) is 30.3 Å². The summed E-state index contributed by atoms with van der Waals surface area (Å²) in [5.74, 6) is 0. The van der Waals surface area contributed by atoms with Gasteiger partial charge in [-0.15, -0.1) is 0 Å². The molecule has 1 atom stereocenters. The van der Waals surface area contributed by atoms with E-state index in [1.54, 1.807) is 0 Å². The molecule has 0 aliphatic carbocycles. The van der Waals surface area contributed by atoms with Crippen molar-refractivity contribution in [3.05, 3.63) is 30.3 Å². The highest BCUT2D eigenvalue weighted by Crippen LogP contribution is 2.33. The second-order valence-electron chi connectivity index (χ2n) is 2.37. The van der Waals surface area contributed by atoms with Gasteiger partial charge in [0, 0.05) is 11.8 Å². The van der Waals surface area contributed by atoms with Gasteiger partial charge in [-0.1, -0.05) is 30.3 Å². The Bertz CT molecular complexity index is 221. The van der Waals surface area contributed by atoms with Crippen molar-refractivity contribution in [3.8, 4) is 0 Å². The van der Waals surface area contributed by atoms with E-state index in [-0.39, 0.29) is 0 Å². The maximum absolute atomic E-state index is 5.49. The number of rotatable bonds is 1. The quantitative estimate of drug-likeness (QED) is 0.635. The molecule has 11 heavy (non-hydrogen) atoms. The van der Waals surface area contributed by atoms with Gasteiger partial charge in [0.25, 0.3) is 0 Å². The van der Waals surface area contributed by atoms with Crippen LogP contribution in [0.3, 0.4) is 0 Å². The number of benzene rings is 1. The van der Waals surface area contributed by atoms with Crippen molar-refractivity contribution in [2.45, 2.75) is 0 Å². The molecule has 1 saturated heterocycles. The zero-order valence-electron chi connectivity index (χ0n) is 6.16. The Morgan fingerprint density at radius 2 is 2.09 bits per heavy atom. The third-order valence-corrected chi connectivity index (χ3v) is 3.29. The minimum atomic E-state index is -0.490. The summed E-state index contributed by atoms with van der Waals surface area (Å²) in [6, 6.07) is 10.3. The van der Waals surface area contributed by atoms with Crippen LogP contribution < -0.4 is 10.4 Å². The first-order valence-electron chi connectivity index (χ1n) is 3.68. The molecule has 2 nitrogen and oxygen atoms in total. The number of hydrogen-bond acceptors (Lipinski definition) is 2. The normalized spacial score (nSPS) is 23.8. The van der Waals surface area contributed by atoms with Gasteiger partial charge in [-0.3, -0.25) is 5.09 Å². The van der Waals surface area contributed by atoms with E-state index in [0.29, 0.717) is 0 Å². The van der Waals surface area contributed by atoms with Gasteiger partial charge in [0.1, 0.15) is 8.30 Å². The maximum atomic E-state index is 5.49. The van der Waals surface area contributed by atoms with Crippen molar-refractivity contribution in [2.24, 2.45) is 0 Å². The monoisotopic (exact) mass is 167 g/mol. The molecular formula is C8H10NOP. The molecule has 3 heteroatoms. The summed E-state index contributed by atoms with van der Waals surface area (Å²) in [6.45, 7) is 1.83. The van der Waals surface area contributed by atoms with E-state index in [2.05, 4.69) is 17.2 Å². The van der Waals surface area contributed by atoms with Gasteiger partial charge in [-0.25, -0.2) is 0 Å². The van der Waals surface area contributed by atoms with Crippen LogP contribution in [-0.4, -0.2) is 13.2 Å². The van der Waals surface area contributed by atoms with Gasteiger partial charge in [0.15, 0.2) is 0 Å². The van der Waals surface area contributed by atoms with E-state index in [0.717, 1.165) is 13.2 Å². The zero-order valence-corrected chi connectivity index (χ0v) is 7.05. The molecule has 1 aromatic carbocycles. The zero-order chi connectivity index (χ0) is 7.52. The van der Waals surface area contributed by atoms with Crippen LogP contribution in [0.1, 0.15) is 0 Å². The van der Waals surface area contributed by atoms with Crippen molar-refractivity contribution in [1.29, 1.82) is 0 Å². The van der Waals surface area contributed by atoms with E-state index in [9.17, 15) is 0 Å². The van der Waals surface area contributed by atoms with Gasteiger partial charge in [-0.05, 0) is 0 Å². The average molecular weight is 167 g/mol. The van der Waals surface area contributed by atoms with Gasteiger partial charge < -0.3 is 4.52 Å². The van der Waals surface area contributed by atoms with Crippen LogP contribution in [0.2, 0.25) is 0 Å². The summed E-state index contributed by atoms with van der Waals surface area (Å²) in [5, 5.41) is 4.59. The lowest BCUT2D eigenvalue weighted by molar-refractivity contribution is 0.402. The van der Waals surface area contributed by atoms with Crippen molar-refractivity contribution in [1.82, 2.24) is 5.09 Å². The second-order valence-corrected chi connectivity index (χ2v) is 4.05. The van der Waals surface area contributed by atoms with Crippen LogP contribution in [0, 0.1) is 0 Å². The molecule has 0 amide bonds. The van der Waals surface area contributed by atoms with E-state index < -0.39 is 8.30 Å². The van der Waals surface area contributed by atoms with Gasteiger partial charge in [-0.2, -0.15) is 0 Å². The Morgan fingerprint density at radius 1 is 1.27 bits per heavy atom. The highest BCUT2D eigenvalue weighted by atomic mass is 31.2. The minimum absolute atomic E-state index is 0.490. The van der Waals surface area contributed by atoms with Crippen LogP contribution in [0.4, 0.5) is 0 Å². The largest absolute Gasteiger partial charge is 0.338 e. The average Bonchev–Trinajstić information content (AvgIpc) is 2.58. The summed E-state index contributed by atoms with van der Waals surface area (Å²) in [6.07, 6.45) is 0. The summed E-state index contributed by atoms with van der Waals surface area (Å²) < 4.78 is 5.49. The third kappa shape index (κ3) is 1.59. The van der Waals surface area contributed by atoms with E-state index in [4.69, 9.17) is 4.52 Å². The lowest BCUT2D eigenvalue weighted by Gasteiger charge is -2.07. The first kappa shape index (κ1) is 7.23. The highest BCUT2D eigenvalue weighted by Gasteiger charge is 2.15. The molecule has 1 aromatic rings. The summed E-state index contributed by atoms with van der Waals surface area (Å²) >= 11 is 0. The molecule has 58 valence electrons. The molecule has 1 fully saturated rings. The Kier molecular flexibility index (Phi) is 2.18. The lowest BCUT2D eigenvalue weighted by Crippen LogP contribution is -2.08. The predicted octanol–water partition coefficient (Wildman–Crippen LogP) is 1.24. The first-order valence-corrected chi connectivity index (χ1v) is 4.94. The number of nitrogens with one attached hydrogen (secondary N) is 1. The fraction of sp³-hybridized carbons (Fsp3) is 0.250. The van der Waals surface area contributed by atoms with Crippen LogP contribution in [0.5, 0.6) is 0 Å². The SMILES string of the molecule is c1ccc(P2NCCO2)cc1. The number of hydrogen-bond donors (Lipinski definition) is 1.